The first kappa shape index (κ1) is 13.3. The van der Waals surface area contributed by atoms with Crippen molar-refractivity contribution in [2.24, 2.45) is 0 Å². The Morgan fingerprint density at radius 1 is 1.12 bits per heavy atom. The minimum absolute atomic E-state index is 0.640. The van der Waals surface area contributed by atoms with E-state index in [0.717, 1.165) is 5.56 Å². The Bertz CT molecular complexity index is 358. The smallest absolute Gasteiger partial charge is 0.131 e. The van der Waals surface area contributed by atoms with Crippen LogP contribution < -0.4 is 4.74 Å². The molecule has 16 heavy (non-hydrogen) atoms. The van der Waals surface area contributed by atoms with Crippen LogP contribution in [0.15, 0.2) is 18.2 Å². The maximum atomic E-state index is 9.99. The molecule has 0 unspecified atom stereocenters. The van der Waals surface area contributed by atoms with Gasteiger partial charge in [-0.3, -0.25) is 0 Å². The van der Waals surface area contributed by atoms with Crippen LogP contribution in [0.5, 0.6) is 5.75 Å². The van der Waals surface area contributed by atoms with Crippen molar-refractivity contribution in [1.82, 2.24) is 0 Å². The topological polar surface area (TPSA) is 29.5 Å². The molecule has 2 nitrogen and oxygen atoms in total. The zero-order valence-corrected chi connectivity index (χ0v) is 11.2. The number of ether oxygens (including phenoxy) is 1. The van der Waals surface area contributed by atoms with Gasteiger partial charge in [0.2, 0.25) is 0 Å². The Morgan fingerprint density at radius 3 is 2.12 bits per heavy atom. The third kappa shape index (κ3) is 3.13. The van der Waals surface area contributed by atoms with Crippen LogP contribution in [0.2, 0.25) is 5.02 Å². The zero-order chi connectivity index (χ0) is 12.6. The number of aryl methyl sites for hydroxylation is 1. The maximum Gasteiger partial charge on any atom is 0.131 e. The van der Waals surface area contributed by atoms with Gasteiger partial charge in [-0.25, -0.2) is 0 Å². The normalized spacial score (nSPS) is 12.7. The van der Waals surface area contributed by atoms with Gasteiger partial charge < -0.3 is 9.84 Å². The summed E-state index contributed by atoms with van der Waals surface area (Å²) in [5.41, 5.74) is -0.568. The number of rotatable bonds is 3. The molecule has 0 aliphatic heterocycles. The van der Waals surface area contributed by atoms with Gasteiger partial charge in [-0.05, 0) is 58.4 Å². The minimum atomic E-state index is -0.927. The van der Waals surface area contributed by atoms with Gasteiger partial charge in [-0.15, -0.1) is 0 Å². The van der Waals surface area contributed by atoms with Crippen LogP contribution >= 0.6 is 11.6 Å². The summed E-state index contributed by atoms with van der Waals surface area (Å²) >= 11 is 5.95. The van der Waals surface area contributed by atoms with Gasteiger partial charge in [-0.2, -0.15) is 0 Å². The SMILES string of the molecule is Cc1cc(Cl)cc(OC(C)(C)C(C)(C)O)c1. The second kappa shape index (κ2) is 4.27. The van der Waals surface area contributed by atoms with Crippen LogP contribution in [0.4, 0.5) is 0 Å². The average Bonchev–Trinajstić information content (AvgIpc) is 1.97. The first-order chi connectivity index (χ1) is 7.12. The molecule has 0 aromatic heterocycles. The first-order valence-electron chi connectivity index (χ1n) is 5.30. The third-order valence-corrected chi connectivity index (χ3v) is 3.08. The highest BCUT2D eigenvalue weighted by atomic mass is 35.5. The summed E-state index contributed by atoms with van der Waals surface area (Å²) in [6.45, 7) is 9.11. The van der Waals surface area contributed by atoms with Crippen molar-refractivity contribution < 1.29 is 9.84 Å². The van der Waals surface area contributed by atoms with Gasteiger partial charge in [0.05, 0.1) is 5.60 Å². The molecule has 0 radical (unpaired) electrons. The summed E-state index contributed by atoms with van der Waals surface area (Å²) in [5.74, 6) is 0.678. The van der Waals surface area contributed by atoms with Crippen molar-refractivity contribution in [2.75, 3.05) is 0 Å². The molecule has 1 rings (SSSR count). The Hall–Kier alpha value is -0.730. The van der Waals surface area contributed by atoms with Crippen LogP contribution in [0, 0.1) is 6.92 Å². The number of halogens is 1. The van der Waals surface area contributed by atoms with Crippen LogP contribution in [0.25, 0.3) is 0 Å². The van der Waals surface area contributed by atoms with E-state index in [2.05, 4.69) is 0 Å². The molecule has 90 valence electrons. The van der Waals surface area contributed by atoms with Gasteiger partial charge in [0, 0.05) is 5.02 Å². The molecule has 0 saturated heterocycles. The van der Waals surface area contributed by atoms with Crippen LogP contribution in [-0.2, 0) is 0 Å². The van der Waals surface area contributed by atoms with E-state index in [1.165, 1.54) is 0 Å². The molecule has 0 saturated carbocycles. The lowest BCUT2D eigenvalue weighted by Gasteiger charge is -2.37. The fraction of sp³-hybridized carbons (Fsp3) is 0.538. The predicted octanol–water partition coefficient (Wildman–Crippen LogP) is 3.58. The lowest BCUT2D eigenvalue weighted by atomic mass is 9.89. The molecule has 0 heterocycles. The Morgan fingerprint density at radius 2 is 1.69 bits per heavy atom. The van der Waals surface area contributed by atoms with E-state index < -0.39 is 11.2 Å². The van der Waals surface area contributed by atoms with E-state index in [9.17, 15) is 5.11 Å². The van der Waals surface area contributed by atoms with Gasteiger partial charge in [0.15, 0.2) is 0 Å². The molecule has 1 N–H and O–H groups in total. The number of hydrogen-bond acceptors (Lipinski definition) is 2. The van der Waals surface area contributed by atoms with Gasteiger partial charge >= 0.3 is 0 Å². The van der Waals surface area contributed by atoms with E-state index in [1.54, 1.807) is 19.9 Å². The molecule has 0 bridgehead atoms. The van der Waals surface area contributed by atoms with Crippen molar-refractivity contribution in [3.05, 3.63) is 28.8 Å². The number of benzene rings is 1. The van der Waals surface area contributed by atoms with E-state index in [-0.39, 0.29) is 0 Å². The molecule has 0 amide bonds. The summed E-state index contributed by atoms with van der Waals surface area (Å²) in [7, 11) is 0. The molecule has 3 heteroatoms. The third-order valence-electron chi connectivity index (χ3n) is 2.86. The highest BCUT2D eigenvalue weighted by Gasteiger charge is 2.37. The second-order valence-electron chi connectivity index (χ2n) is 5.14. The Balaban J connectivity index is 2.96. The van der Waals surface area contributed by atoms with Crippen LogP contribution in [0.3, 0.4) is 0 Å². The fourth-order valence-corrected chi connectivity index (χ4v) is 1.46. The highest BCUT2D eigenvalue weighted by Crippen LogP contribution is 2.30. The van der Waals surface area contributed by atoms with Crippen molar-refractivity contribution in [3.8, 4) is 5.75 Å². The molecule has 1 aromatic carbocycles. The fourth-order valence-electron chi connectivity index (χ4n) is 1.18. The van der Waals surface area contributed by atoms with Gasteiger partial charge in [0.25, 0.3) is 0 Å². The summed E-state index contributed by atoms with van der Waals surface area (Å²) in [4.78, 5) is 0. The molecule has 1 aromatic rings. The number of aliphatic hydroxyl groups is 1. The molecule has 0 aliphatic carbocycles. The Labute approximate surface area is 102 Å². The summed E-state index contributed by atoms with van der Waals surface area (Å²) < 4.78 is 5.79. The molecule has 0 spiro atoms. The van der Waals surface area contributed by atoms with Gasteiger partial charge in [-0.1, -0.05) is 11.6 Å². The quantitative estimate of drug-likeness (QED) is 0.878. The van der Waals surface area contributed by atoms with Crippen molar-refractivity contribution in [2.45, 2.75) is 45.8 Å². The maximum absolute atomic E-state index is 9.99. The van der Waals surface area contributed by atoms with Crippen LogP contribution in [-0.4, -0.2) is 16.3 Å². The van der Waals surface area contributed by atoms with E-state index in [0.29, 0.717) is 10.8 Å². The van der Waals surface area contributed by atoms with Crippen molar-refractivity contribution >= 4 is 11.6 Å². The summed E-state index contributed by atoms with van der Waals surface area (Å²) in [6, 6.07) is 5.52. The average molecular weight is 243 g/mol. The van der Waals surface area contributed by atoms with E-state index in [4.69, 9.17) is 16.3 Å². The predicted molar refractivity (Wildman–Crippen MR) is 67.2 cm³/mol. The summed E-state index contributed by atoms with van der Waals surface area (Å²) in [6.07, 6.45) is 0. The first-order valence-corrected chi connectivity index (χ1v) is 5.68. The largest absolute Gasteiger partial charge is 0.485 e. The molecule has 0 aliphatic rings. The van der Waals surface area contributed by atoms with Crippen molar-refractivity contribution in [1.29, 1.82) is 0 Å². The summed E-state index contributed by atoms with van der Waals surface area (Å²) in [5, 5.41) is 10.6. The second-order valence-corrected chi connectivity index (χ2v) is 5.57. The Kier molecular flexibility index (Phi) is 3.56. The molecule has 0 fully saturated rings. The zero-order valence-electron chi connectivity index (χ0n) is 10.5. The molecular formula is C13H19ClO2. The lowest BCUT2D eigenvalue weighted by molar-refractivity contribution is -0.0906. The standard InChI is InChI=1S/C13H19ClO2/c1-9-6-10(14)8-11(7-9)16-13(4,5)12(2,3)15/h6-8,15H,1-5H3. The van der Waals surface area contributed by atoms with Crippen LogP contribution in [0.1, 0.15) is 33.3 Å². The molecule has 0 atom stereocenters. The monoisotopic (exact) mass is 242 g/mol. The lowest BCUT2D eigenvalue weighted by Crippen LogP contribution is -2.49. The highest BCUT2D eigenvalue weighted by molar-refractivity contribution is 6.30. The molecular weight excluding hydrogens is 224 g/mol. The van der Waals surface area contributed by atoms with E-state index in [1.807, 2.05) is 32.9 Å². The number of hydrogen-bond donors (Lipinski definition) is 1. The van der Waals surface area contributed by atoms with Gasteiger partial charge in [0.1, 0.15) is 11.4 Å². The van der Waals surface area contributed by atoms with Crippen molar-refractivity contribution in [3.63, 3.8) is 0 Å². The minimum Gasteiger partial charge on any atom is -0.485 e. The van der Waals surface area contributed by atoms with E-state index >= 15 is 0 Å².